The highest BCUT2D eigenvalue weighted by atomic mass is 16.5. The van der Waals surface area contributed by atoms with E-state index in [1.165, 1.54) is 11.0 Å². The lowest BCUT2D eigenvalue weighted by atomic mass is 10.0. The summed E-state index contributed by atoms with van der Waals surface area (Å²) in [5.74, 6) is -0.979. The molecule has 2 aromatic rings. The number of rotatable bonds is 7. The predicted octanol–water partition coefficient (Wildman–Crippen LogP) is 2.66. The first-order chi connectivity index (χ1) is 16.4. The first-order valence-corrected chi connectivity index (χ1v) is 11.6. The van der Waals surface area contributed by atoms with Crippen LogP contribution in [0.25, 0.3) is 0 Å². The van der Waals surface area contributed by atoms with Crippen molar-refractivity contribution in [3.8, 4) is 0 Å². The van der Waals surface area contributed by atoms with Gasteiger partial charge in [0.05, 0.1) is 11.1 Å². The summed E-state index contributed by atoms with van der Waals surface area (Å²) in [6, 6.07) is 12.2. The second-order valence-corrected chi connectivity index (χ2v) is 8.72. The Morgan fingerprint density at radius 2 is 1.74 bits per heavy atom. The molecule has 0 unspecified atom stereocenters. The maximum Gasteiger partial charge on any atom is 0.261 e. The molecule has 0 spiro atoms. The Labute approximate surface area is 198 Å². The van der Waals surface area contributed by atoms with E-state index in [2.05, 4.69) is 5.32 Å². The molecule has 0 radical (unpaired) electrons. The summed E-state index contributed by atoms with van der Waals surface area (Å²) in [5.41, 5.74) is 2.58. The second kappa shape index (κ2) is 10.2. The van der Waals surface area contributed by atoms with Gasteiger partial charge in [0.2, 0.25) is 0 Å². The molecule has 0 saturated carbocycles. The van der Waals surface area contributed by atoms with Crippen molar-refractivity contribution in [1.29, 1.82) is 0 Å². The van der Waals surface area contributed by atoms with Crippen LogP contribution < -0.4 is 5.32 Å². The summed E-state index contributed by atoms with van der Waals surface area (Å²) in [6.45, 7) is 3.66. The number of hydrogen-bond acceptors (Lipinski definition) is 5. The van der Waals surface area contributed by atoms with Gasteiger partial charge in [0.1, 0.15) is 0 Å². The number of ether oxygens (including phenoxy) is 1. The Morgan fingerprint density at radius 1 is 1.03 bits per heavy atom. The van der Waals surface area contributed by atoms with E-state index in [1.54, 1.807) is 24.1 Å². The van der Waals surface area contributed by atoms with Gasteiger partial charge in [0.15, 0.2) is 0 Å². The van der Waals surface area contributed by atoms with Crippen LogP contribution in [0.4, 0.5) is 0 Å². The van der Waals surface area contributed by atoms with Gasteiger partial charge in [-0.1, -0.05) is 18.2 Å². The monoisotopic (exact) mass is 463 g/mol. The van der Waals surface area contributed by atoms with E-state index in [4.69, 9.17) is 4.74 Å². The van der Waals surface area contributed by atoms with Crippen molar-refractivity contribution in [1.82, 2.24) is 15.1 Å². The fourth-order valence-corrected chi connectivity index (χ4v) is 4.49. The average molecular weight is 464 g/mol. The van der Waals surface area contributed by atoms with Crippen LogP contribution in [0.3, 0.4) is 0 Å². The van der Waals surface area contributed by atoms with Gasteiger partial charge >= 0.3 is 0 Å². The van der Waals surface area contributed by atoms with E-state index >= 15 is 0 Å². The second-order valence-electron chi connectivity index (χ2n) is 8.72. The number of piperidine rings is 1. The number of carbonyl (C=O) groups excluding carboxylic acids is 4. The minimum Gasteiger partial charge on any atom is -0.385 e. The lowest BCUT2D eigenvalue weighted by molar-refractivity contribution is 0.0636. The van der Waals surface area contributed by atoms with Crippen LogP contribution in [0.1, 0.15) is 66.3 Å². The lowest BCUT2D eigenvalue weighted by Crippen LogP contribution is -2.46. The van der Waals surface area contributed by atoms with Gasteiger partial charge in [-0.25, -0.2) is 0 Å². The number of hydrogen-bond donors (Lipinski definition) is 1. The molecule has 2 aliphatic heterocycles. The predicted molar refractivity (Wildman–Crippen MR) is 126 cm³/mol. The van der Waals surface area contributed by atoms with E-state index < -0.39 is 0 Å². The van der Waals surface area contributed by atoms with Gasteiger partial charge in [0, 0.05) is 50.5 Å². The Balaban J connectivity index is 1.36. The van der Waals surface area contributed by atoms with E-state index in [9.17, 15) is 19.2 Å². The van der Waals surface area contributed by atoms with Crippen LogP contribution in [-0.2, 0) is 4.74 Å². The largest absolute Gasteiger partial charge is 0.385 e. The Morgan fingerprint density at radius 3 is 2.44 bits per heavy atom. The molecule has 0 atom stereocenters. The molecule has 2 aromatic carbocycles. The van der Waals surface area contributed by atoms with E-state index in [1.807, 2.05) is 31.2 Å². The van der Waals surface area contributed by atoms with Crippen molar-refractivity contribution >= 4 is 23.6 Å². The van der Waals surface area contributed by atoms with Crippen molar-refractivity contribution in [2.75, 3.05) is 33.4 Å². The summed E-state index contributed by atoms with van der Waals surface area (Å²) in [5, 5.41) is 3.07. The van der Waals surface area contributed by atoms with Crippen molar-refractivity contribution in [3.05, 3.63) is 70.3 Å². The molecule has 8 nitrogen and oxygen atoms in total. The van der Waals surface area contributed by atoms with Gasteiger partial charge in [-0.05, 0) is 56.0 Å². The zero-order chi connectivity index (χ0) is 24.2. The van der Waals surface area contributed by atoms with Crippen molar-refractivity contribution in [3.63, 3.8) is 0 Å². The zero-order valence-corrected chi connectivity index (χ0v) is 19.5. The fraction of sp³-hybridized carbons (Fsp3) is 0.385. The standard InChI is InChI=1S/C26H29N3O5/c1-17-6-3-4-7-20(17)23(30)27-19-10-13-28(14-11-19)24(31)18-8-9-21-22(16-18)26(33)29(25(21)32)12-5-15-34-2/h3-4,6-9,16,19H,5,10-15H2,1-2H3,(H,27,30). The van der Waals surface area contributed by atoms with Crippen LogP contribution in [0.15, 0.2) is 42.5 Å². The summed E-state index contributed by atoms with van der Waals surface area (Å²) < 4.78 is 5.00. The van der Waals surface area contributed by atoms with Crippen molar-refractivity contribution in [2.45, 2.75) is 32.2 Å². The number of aryl methyl sites for hydroxylation is 1. The molecule has 2 heterocycles. The van der Waals surface area contributed by atoms with Crippen LogP contribution in [0.5, 0.6) is 0 Å². The smallest absolute Gasteiger partial charge is 0.261 e. The molecular weight excluding hydrogens is 434 g/mol. The number of carbonyl (C=O) groups is 4. The molecule has 34 heavy (non-hydrogen) atoms. The Bertz CT molecular complexity index is 1120. The maximum absolute atomic E-state index is 13.1. The quantitative estimate of drug-likeness (QED) is 0.503. The number of amides is 4. The van der Waals surface area contributed by atoms with Gasteiger partial charge in [0.25, 0.3) is 23.6 Å². The molecule has 0 bridgehead atoms. The van der Waals surface area contributed by atoms with Crippen molar-refractivity contribution in [2.24, 2.45) is 0 Å². The molecule has 2 aliphatic rings. The average Bonchev–Trinajstić information content (AvgIpc) is 3.08. The highest BCUT2D eigenvalue weighted by molar-refractivity contribution is 6.22. The summed E-state index contributed by atoms with van der Waals surface area (Å²) in [7, 11) is 1.57. The summed E-state index contributed by atoms with van der Waals surface area (Å²) >= 11 is 0. The van der Waals surface area contributed by atoms with Gasteiger partial charge in [-0.2, -0.15) is 0 Å². The molecule has 0 aliphatic carbocycles. The summed E-state index contributed by atoms with van der Waals surface area (Å²) in [6.07, 6.45) is 1.86. The van der Waals surface area contributed by atoms with Crippen LogP contribution in [-0.4, -0.2) is 72.8 Å². The molecule has 8 heteroatoms. The summed E-state index contributed by atoms with van der Waals surface area (Å²) in [4.78, 5) is 53.9. The number of imide groups is 1. The first-order valence-electron chi connectivity index (χ1n) is 11.6. The SMILES string of the molecule is COCCCN1C(=O)c2ccc(C(=O)N3CCC(NC(=O)c4ccccc4C)CC3)cc2C1=O. The number of nitrogens with one attached hydrogen (secondary N) is 1. The number of likely N-dealkylation sites (tertiary alicyclic amines) is 1. The van der Waals surface area contributed by atoms with Gasteiger partial charge < -0.3 is 15.0 Å². The van der Waals surface area contributed by atoms with E-state index in [0.29, 0.717) is 55.6 Å². The highest BCUT2D eigenvalue weighted by Gasteiger charge is 2.36. The molecule has 0 aromatic heterocycles. The minimum atomic E-state index is -0.372. The Kier molecular flexibility index (Phi) is 7.07. The molecular formula is C26H29N3O5. The zero-order valence-electron chi connectivity index (χ0n) is 19.5. The topological polar surface area (TPSA) is 96.0 Å². The molecule has 4 rings (SSSR count). The third-order valence-electron chi connectivity index (χ3n) is 6.45. The van der Waals surface area contributed by atoms with Gasteiger partial charge in [-0.15, -0.1) is 0 Å². The van der Waals surface area contributed by atoms with Crippen LogP contribution >= 0.6 is 0 Å². The molecule has 1 N–H and O–H groups in total. The Hall–Kier alpha value is -3.52. The van der Waals surface area contributed by atoms with Crippen LogP contribution in [0.2, 0.25) is 0 Å². The number of fused-ring (bicyclic) bond motifs is 1. The van der Waals surface area contributed by atoms with E-state index in [-0.39, 0.29) is 41.8 Å². The molecule has 4 amide bonds. The normalized spacial score (nSPS) is 16.1. The highest BCUT2D eigenvalue weighted by Crippen LogP contribution is 2.25. The van der Waals surface area contributed by atoms with E-state index in [0.717, 1.165) is 5.56 Å². The third-order valence-corrected chi connectivity index (χ3v) is 6.45. The number of nitrogens with zero attached hydrogens (tertiary/aromatic N) is 2. The number of methoxy groups -OCH3 is 1. The minimum absolute atomic E-state index is 0.00367. The first kappa shape index (κ1) is 23.6. The van der Waals surface area contributed by atoms with Crippen LogP contribution in [0, 0.1) is 6.92 Å². The number of benzene rings is 2. The maximum atomic E-state index is 13.1. The fourth-order valence-electron chi connectivity index (χ4n) is 4.49. The molecule has 1 fully saturated rings. The van der Waals surface area contributed by atoms with Crippen molar-refractivity contribution < 1.29 is 23.9 Å². The molecule has 1 saturated heterocycles. The third kappa shape index (κ3) is 4.72. The lowest BCUT2D eigenvalue weighted by Gasteiger charge is -2.32. The van der Waals surface area contributed by atoms with Gasteiger partial charge in [-0.3, -0.25) is 24.1 Å². The molecule has 178 valence electrons.